The molecule has 9 aromatic rings. The smallest absolute Gasteiger partial charge is 0.270 e. The fourth-order valence-corrected chi connectivity index (χ4v) is 12.0. The van der Waals surface area contributed by atoms with Gasteiger partial charge in [0.2, 0.25) is 0 Å². The first kappa shape index (κ1) is 66.4. The van der Waals surface area contributed by atoms with Gasteiger partial charge >= 0.3 is 0 Å². The zero-order valence-corrected chi connectivity index (χ0v) is 54.0. The third kappa shape index (κ3) is 17.3. The van der Waals surface area contributed by atoms with Crippen LogP contribution in [0.5, 0.6) is 5.75 Å². The Bertz CT molecular complexity index is 4500. The van der Waals surface area contributed by atoms with E-state index in [9.17, 15) is 38.4 Å². The van der Waals surface area contributed by atoms with Crippen LogP contribution < -0.4 is 48.2 Å². The molecule has 5 heterocycles. The van der Waals surface area contributed by atoms with Crippen molar-refractivity contribution in [3.8, 4) is 5.75 Å². The van der Waals surface area contributed by atoms with Crippen molar-refractivity contribution in [2.75, 3.05) is 0 Å². The number of para-hydroxylation sites is 1. The third-order valence-electron chi connectivity index (χ3n) is 17.1. The van der Waals surface area contributed by atoms with Crippen LogP contribution in [-0.2, 0) is 78.9 Å². The second kappa shape index (κ2) is 30.3. The number of aromatic nitrogens is 9. The number of hydrogen-bond donors (Lipinski definition) is 5. The first-order valence-electron chi connectivity index (χ1n) is 32.0. The number of carbonyl (C=O) groups is 4. The predicted molar refractivity (Wildman–Crippen MR) is 357 cm³/mol. The first-order chi connectivity index (χ1) is 45.2. The Morgan fingerprint density at radius 3 is 1.44 bits per heavy atom. The summed E-state index contributed by atoms with van der Waals surface area (Å²) >= 11 is 0. The van der Waals surface area contributed by atoms with Gasteiger partial charge in [0.05, 0.1) is 34.4 Å². The molecule has 4 unspecified atom stereocenters. The molecule has 0 bridgehead atoms. The molecule has 0 spiro atoms. The average molecular weight is 1270 g/mol. The zero-order chi connectivity index (χ0) is 66.6. The molecule has 4 aliphatic rings. The summed E-state index contributed by atoms with van der Waals surface area (Å²) in [6.45, 7) is 7.98. The van der Waals surface area contributed by atoms with E-state index in [1.807, 2.05) is 99.6 Å². The van der Waals surface area contributed by atoms with Crippen molar-refractivity contribution in [3.63, 3.8) is 0 Å². The van der Waals surface area contributed by atoms with Crippen molar-refractivity contribution in [2.24, 2.45) is 21.1 Å². The number of fused-ring (bicyclic) bond motifs is 5. The minimum atomic E-state index is -0.194. The van der Waals surface area contributed by atoms with Crippen molar-refractivity contribution in [1.82, 2.24) is 65.8 Å². The highest BCUT2D eigenvalue weighted by molar-refractivity contribution is 5.96. The minimum absolute atomic E-state index is 0.0119. The maximum Gasteiger partial charge on any atom is 0.270 e. The molecule has 94 heavy (non-hydrogen) atoms. The number of benzene rings is 4. The van der Waals surface area contributed by atoms with E-state index in [0.29, 0.717) is 48.1 Å². The SMILES string of the molecule is CC(C)Oc1ccc(C(=O)NC2CCc3nn(C)c(=O)cc3C2)cc1.CCc1ccc(C(=O)NC2CCc3n[nH]c(=O)cc3C2)cc1.Cc1cccc(C(=O)NC2CCc3nn(C)c(=O)cc3C2)c1.Cn1nc2c(cc1=O)CC(NC(=O)c1ccc3ccccc3n1)CC2. The molecule has 22 heteroatoms. The molecule has 22 nitrogen and oxygen atoms in total. The molecule has 486 valence electrons. The molecule has 5 N–H and O–H groups in total. The van der Waals surface area contributed by atoms with E-state index in [2.05, 4.69) is 58.7 Å². The summed E-state index contributed by atoms with van der Waals surface area (Å²) in [6.07, 6.45) is 10.0. The van der Waals surface area contributed by atoms with Crippen LogP contribution in [0.4, 0.5) is 0 Å². The van der Waals surface area contributed by atoms with Crippen LogP contribution in [-0.4, -0.2) is 98.4 Å². The van der Waals surface area contributed by atoms with E-state index in [0.717, 1.165) is 125 Å². The van der Waals surface area contributed by atoms with Gasteiger partial charge in [-0.05, 0) is 193 Å². The first-order valence-corrected chi connectivity index (χ1v) is 32.0. The summed E-state index contributed by atoms with van der Waals surface area (Å²) in [7, 11) is 4.97. The van der Waals surface area contributed by atoms with Crippen molar-refractivity contribution >= 4 is 34.5 Å². The van der Waals surface area contributed by atoms with Gasteiger partial charge in [0, 0.05) is 91.7 Å². The third-order valence-corrected chi connectivity index (χ3v) is 17.1. The van der Waals surface area contributed by atoms with Gasteiger partial charge in [-0.1, -0.05) is 61.0 Å². The summed E-state index contributed by atoms with van der Waals surface area (Å²) in [6, 6.07) is 40.3. The van der Waals surface area contributed by atoms with Crippen molar-refractivity contribution in [2.45, 2.75) is 141 Å². The molecule has 4 aliphatic carbocycles. The Balaban J connectivity index is 0.000000137. The minimum Gasteiger partial charge on any atom is -0.491 e. The summed E-state index contributed by atoms with van der Waals surface area (Å²) in [5.41, 5.74) is 12.4. The topological polar surface area (TPSA) is 289 Å². The van der Waals surface area contributed by atoms with E-state index in [1.54, 1.807) is 75.7 Å². The highest BCUT2D eigenvalue weighted by Gasteiger charge is 2.27. The molecule has 4 amide bonds. The van der Waals surface area contributed by atoms with Crippen LogP contribution in [0, 0.1) is 6.92 Å². The lowest BCUT2D eigenvalue weighted by Gasteiger charge is -2.25. The number of ether oxygens (including phenoxy) is 1. The van der Waals surface area contributed by atoms with Crippen LogP contribution in [0.15, 0.2) is 153 Å². The molecule has 4 aromatic carbocycles. The normalized spacial score (nSPS) is 16.6. The number of aryl methyl sites for hydroxylation is 9. The van der Waals surface area contributed by atoms with Gasteiger partial charge in [-0.15, -0.1) is 0 Å². The van der Waals surface area contributed by atoms with Gasteiger partial charge in [-0.2, -0.15) is 20.4 Å². The number of nitrogens with zero attached hydrogens (tertiary/aromatic N) is 8. The van der Waals surface area contributed by atoms with Crippen molar-refractivity contribution in [1.29, 1.82) is 0 Å². The highest BCUT2D eigenvalue weighted by atomic mass is 16.5. The van der Waals surface area contributed by atoms with Crippen LogP contribution in [0.2, 0.25) is 0 Å². The van der Waals surface area contributed by atoms with Crippen LogP contribution >= 0.6 is 0 Å². The molecule has 0 fully saturated rings. The predicted octanol–water partition coefficient (Wildman–Crippen LogP) is 6.47. The highest BCUT2D eigenvalue weighted by Crippen LogP contribution is 2.23. The Hall–Kier alpha value is -10.5. The van der Waals surface area contributed by atoms with Crippen LogP contribution in [0.3, 0.4) is 0 Å². The molecule has 5 aromatic heterocycles. The summed E-state index contributed by atoms with van der Waals surface area (Å²) in [4.78, 5) is 101. The number of hydrogen-bond acceptors (Lipinski definition) is 14. The van der Waals surface area contributed by atoms with Gasteiger partial charge in [-0.25, -0.2) is 24.1 Å². The largest absolute Gasteiger partial charge is 0.491 e. The zero-order valence-electron chi connectivity index (χ0n) is 54.0. The summed E-state index contributed by atoms with van der Waals surface area (Å²) < 4.78 is 9.67. The van der Waals surface area contributed by atoms with Gasteiger partial charge < -0.3 is 26.0 Å². The number of rotatable bonds is 11. The Labute approximate surface area is 543 Å². The maximum absolute atomic E-state index is 12.5. The fourth-order valence-electron chi connectivity index (χ4n) is 12.0. The van der Waals surface area contributed by atoms with Gasteiger partial charge in [0.15, 0.2) is 0 Å². The lowest BCUT2D eigenvalue weighted by Crippen LogP contribution is -2.40. The Morgan fingerprint density at radius 1 is 0.511 bits per heavy atom. The van der Waals surface area contributed by atoms with E-state index in [4.69, 9.17) is 4.74 Å². The number of H-pyrrole nitrogens is 1. The molecule has 0 saturated carbocycles. The lowest BCUT2D eigenvalue weighted by atomic mass is 9.92. The van der Waals surface area contributed by atoms with E-state index >= 15 is 0 Å². The van der Waals surface area contributed by atoms with E-state index in [-0.39, 0.29) is 76.1 Å². The van der Waals surface area contributed by atoms with Crippen LogP contribution in [0.1, 0.15) is 144 Å². The number of aromatic amines is 1. The fraction of sp³-hybridized carbons (Fsp3) is 0.347. The molecule has 0 radical (unpaired) electrons. The van der Waals surface area contributed by atoms with Gasteiger partial charge in [-0.3, -0.25) is 38.4 Å². The maximum atomic E-state index is 12.5. The molecule has 13 rings (SSSR count). The molecular weight excluding hydrogens is 1190 g/mol. The van der Waals surface area contributed by atoms with Crippen LogP contribution in [0.25, 0.3) is 10.9 Å². The molecular formula is C72H79N13O9. The monoisotopic (exact) mass is 1270 g/mol. The second-order valence-corrected chi connectivity index (χ2v) is 24.6. The standard InChI is InChI=1S/C19H18N4O2.C19H23N3O3.2C17H19N3O2/c1-23-18(24)11-13-10-14(7-9-16(13)22-23)20-19(25)17-8-6-12-4-2-3-5-15(12)21-17;1-12(2)25-16-7-4-13(5-8-16)19(24)20-15-6-9-17-14(10-15)11-18(23)22(3)21-17;1-11-4-3-5-12(8-11)17(22)18-14-6-7-15-13(9-14)10-16(21)20(2)19-15;1-2-11-3-5-12(6-4-11)17(22)18-14-7-8-15-13(9-14)10-16(21)20-19-15/h2-6,8,11,14H,7,9-10H2,1H3,(H,20,25);4-5,7-8,11-12,15H,6,9-10H2,1-3H3,(H,20,24);3-5,8,10,14H,6-7,9H2,1-2H3,(H,18,22);3-6,10,14H,2,7-9H2,1H3,(H,18,22)(H,20,21). The lowest BCUT2D eigenvalue weighted by molar-refractivity contribution is 0.0921. The van der Waals surface area contributed by atoms with Gasteiger partial charge in [0.1, 0.15) is 11.4 Å². The quantitative estimate of drug-likeness (QED) is 0.0929. The molecule has 0 aliphatic heterocycles. The summed E-state index contributed by atoms with van der Waals surface area (Å²) in [5, 5.41) is 32.6. The van der Waals surface area contributed by atoms with Crippen molar-refractivity contribution in [3.05, 3.63) is 253 Å². The number of nitrogens with one attached hydrogen (secondary N) is 5. The Kier molecular flexibility index (Phi) is 21.4. The van der Waals surface area contributed by atoms with Crippen molar-refractivity contribution < 1.29 is 23.9 Å². The van der Waals surface area contributed by atoms with E-state index < -0.39 is 0 Å². The number of pyridine rings is 1. The van der Waals surface area contributed by atoms with Gasteiger partial charge in [0.25, 0.3) is 45.9 Å². The second-order valence-electron chi connectivity index (χ2n) is 24.6. The van der Waals surface area contributed by atoms with E-state index in [1.165, 1.54) is 19.6 Å². The number of amides is 4. The average Bonchev–Trinajstić information content (AvgIpc) is 0.875. The Morgan fingerprint density at radius 2 is 0.957 bits per heavy atom. The molecule has 0 saturated heterocycles. The summed E-state index contributed by atoms with van der Waals surface area (Å²) in [5.74, 6) is 0.334. The number of carbonyl (C=O) groups excluding carboxylic acids is 4. The molecule has 4 atom stereocenters.